The van der Waals surface area contributed by atoms with Crippen molar-refractivity contribution in [2.45, 2.75) is 31.2 Å². The summed E-state index contributed by atoms with van der Waals surface area (Å²) < 4.78 is 59.5. The van der Waals surface area contributed by atoms with E-state index in [4.69, 9.17) is 4.74 Å². The van der Waals surface area contributed by atoms with Gasteiger partial charge in [-0.25, -0.2) is 9.37 Å². The predicted octanol–water partition coefficient (Wildman–Crippen LogP) is 2.80. The van der Waals surface area contributed by atoms with E-state index in [1.54, 1.807) is 0 Å². The Hall–Kier alpha value is -2.95. The number of halogens is 4. The number of nitrogens with one attached hydrogen (secondary N) is 2. The van der Waals surface area contributed by atoms with Crippen LogP contribution in [-0.4, -0.2) is 36.0 Å². The van der Waals surface area contributed by atoms with Gasteiger partial charge in [0.15, 0.2) is 11.6 Å². The molecule has 0 radical (unpaired) electrons. The van der Waals surface area contributed by atoms with Crippen LogP contribution in [0.1, 0.15) is 46.7 Å². The molecular weight excluding hydrogens is 398 g/mol. The Morgan fingerprint density at radius 2 is 2.07 bits per heavy atom. The van der Waals surface area contributed by atoms with Gasteiger partial charge < -0.3 is 19.8 Å². The van der Waals surface area contributed by atoms with Crippen molar-refractivity contribution in [3.63, 3.8) is 0 Å². The van der Waals surface area contributed by atoms with Gasteiger partial charge in [0, 0.05) is 19.1 Å². The largest absolute Gasteiger partial charge is 0.573 e. The van der Waals surface area contributed by atoms with Crippen molar-refractivity contribution in [2.24, 2.45) is 0 Å². The first-order chi connectivity index (χ1) is 13.7. The monoisotopic (exact) mass is 415 g/mol. The van der Waals surface area contributed by atoms with Crippen LogP contribution in [0.15, 0.2) is 29.1 Å². The number of aromatic amines is 1. The first kappa shape index (κ1) is 20.8. The molecule has 1 atom stereocenters. The van der Waals surface area contributed by atoms with Crippen LogP contribution in [0.2, 0.25) is 0 Å². The number of hydrogen-bond donors (Lipinski definition) is 2. The Balaban J connectivity index is 1.80. The molecule has 1 saturated carbocycles. The lowest BCUT2D eigenvalue weighted by atomic mass is 10.1. The molecular formula is C18H17F4N3O4. The van der Waals surface area contributed by atoms with E-state index in [1.165, 1.54) is 13.2 Å². The molecule has 1 fully saturated rings. The molecule has 3 rings (SSSR count). The molecule has 0 spiro atoms. The Bertz CT molecular complexity index is 957. The first-order valence-electron chi connectivity index (χ1n) is 8.62. The normalized spacial score (nSPS) is 15.1. The van der Waals surface area contributed by atoms with E-state index in [0.717, 1.165) is 31.0 Å². The summed E-state index contributed by atoms with van der Waals surface area (Å²) in [4.78, 5) is 31.0. The van der Waals surface area contributed by atoms with Gasteiger partial charge in [-0.15, -0.1) is 13.2 Å². The summed E-state index contributed by atoms with van der Waals surface area (Å²) in [5, 5.41) is 2.55. The van der Waals surface area contributed by atoms with E-state index >= 15 is 0 Å². The predicted molar refractivity (Wildman–Crippen MR) is 92.0 cm³/mol. The molecule has 156 valence electrons. The van der Waals surface area contributed by atoms with E-state index < -0.39 is 35.4 Å². The molecule has 1 aromatic carbocycles. The first-order valence-corrected chi connectivity index (χ1v) is 8.62. The molecule has 0 bridgehead atoms. The molecule has 11 heteroatoms. The van der Waals surface area contributed by atoms with Crippen LogP contribution < -0.4 is 15.6 Å². The molecule has 0 unspecified atom stereocenters. The molecule has 1 aliphatic rings. The number of benzene rings is 1. The molecule has 1 heterocycles. The highest BCUT2D eigenvalue weighted by molar-refractivity contribution is 5.92. The van der Waals surface area contributed by atoms with Crippen molar-refractivity contribution < 1.29 is 31.8 Å². The number of nitrogens with zero attached hydrogens (tertiary/aromatic N) is 1. The molecule has 1 amide bonds. The quantitative estimate of drug-likeness (QED) is 0.679. The number of carbonyl (C=O) groups excluding carboxylic acids is 1. The van der Waals surface area contributed by atoms with Gasteiger partial charge in [-0.1, -0.05) is 6.07 Å². The number of amides is 1. The standard InChI is InChI=1S/C18H17F4N3O4/c1-28-8-13(10-4-5-14(11(19)6-10)29-18(20,21)22)24-17(27)12-7-15(26)25-16(23-12)9-2-3-9/h4-7,9,13H,2-3,8H2,1H3,(H,24,27)(H,23,25,26)/t13-/m1/s1. The lowest BCUT2D eigenvalue weighted by Crippen LogP contribution is -2.33. The Kier molecular flexibility index (Phi) is 5.87. The zero-order valence-corrected chi connectivity index (χ0v) is 15.2. The molecule has 0 aliphatic heterocycles. The summed E-state index contributed by atoms with van der Waals surface area (Å²) in [6.45, 7) is -0.0939. The van der Waals surface area contributed by atoms with Crippen LogP contribution in [-0.2, 0) is 4.74 Å². The SMILES string of the molecule is COC[C@@H](NC(=O)c1cc(=O)[nH]c(C2CC2)n1)c1ccc(OC(F)(F)F)c(F)c1. The molecule has 29 heavy (non-hydrogen) atoms. The summed E-state index contributed by atoms with van der Waals surface area (Å²) >= 11 is 0. The third kappa shape index (κ3) is 5.53. The Morgan fingerprint density at radius 1 is 1.34 bits per heavy atom. The highest BCUT2D eigenvalue weighted by atomic mass is 19.4. The topological polar surface area (TPSA) is 93.3 Å². The summed E-state index contributed by atoms with van der Waals surface area (Å²) in [5.74, 6) is -2.41. The van der Waals surface area contributed by atoms with Gasteiger partial charge in [0.05, 0.1) is 12.6 Å². The van der Waals surface area contributed by atoms with Gasteiger partial charge in [0.2, 0.25) is 0 Å². The van der Waals surface area contributed by atoms with Crippen LogP contribution in [0.25, 0.3) is 0 Å². The minimum atomic E-state index is -5.03. The van der Waals surface area contributed by atoms with E-state index in [9.17, 15) is 27.2 Å². The van der Waals surface area contributed by atoms with Crippen molar-refractivity contribution >= 4 is 5.91 Å². The summed E-state index contributed by atoms with van der Waals surface area (Å²) in [6, 6.07) is 2.93. The smallest absolute Gasteiger partial charge is 0.403 e. The highest BCUT2D eigenvalue weighted by Crippen LogP contribution is 2.37. The van der Waals surface area contributed by atoms with Gasteiger partial charge in [-0.3, -0.25) is 9.59 Å². The second-order valence-electron chi connectivity index (χ2n) is 6.51. The van der Waals surface area contributed by atoms with E-state index in [1.807, 2.05) is 0 Å². The van der Waals surface area contributed by atoms with Crippen LogP contribution in [0.4, 0.5) is 17.6 Å². The third-order valence-electron chi connectivity index (χ3n) is 4.18. The van der Waals surface area contributed by atoms with E-state index in [0.29, 0.717) is 5.82 Å². The molecule has 7 nitrogen and oxygen atoms in total. The molecule has 1 aliphatic carbocycles. The van der Waals surface area contributed by atoms with Crippen molar-refractivity contribution in [1.29, 1.82) is 0 Å². The van der Waals surface area contributed by atoms with Gasteiger partial charge in [-0.2, -0.15) is 0 Å². The maximum atomic E-state index is 14.0. The Morgan fingerprint density at radius 3 is 2.66 bits per heavy atom. The molecule has 2 N–H and O–H groups in total. The number of ether oxygens (including phenoxy) is 2. The van der Waals surface area contributed by atoms with Crippen molar-refractivity contribution in [2.75, 3.05) is 13.7 Å². The second-order valence-corrected chi connectivity index (χ2v) is 6.51. The van der Waals surface area contributed by atoms with Gasteiger partial charge in [0.25, 0.3) is 11.5 Å². The lowest BCUT2D eigenvalue weighted by Gasteiger charge is -2.19. The zero-order chi connectivity index (χ0) is 21.2. The lowest BCUT2D eigenvalue weighted by molar-refractivity contribution is -0.275. The number of hydrogen-bond acceptors (Lipinski definition) is 5. The molecule has 0 saturated heterocycles. The number of rotatable bonds is 7. The summed E-state index contributed by atoms with van der Waals surface area (Å²) in [6.07, 6.45) is -3.30. The van der Waals surface area contributed by atoms with Gasteiger partial charge in [0.1, 0.15) is 11.5 Å². The van der Waals surface area contributed by atoms with E-state index in [2.05, 4.69) is 20.0 Å². The van der Waals surface area contributed by atoms with Gasteiger partial charge in [-0.05, 0) is 30.5 Å². The average molecular weight is 415 g/mol. The van der Waals surface area contributed by atoms with Crippen LogP contribution in [0.3, 0.4) is 0 Å². The summed E-state index contributed by atoms with van der Waals surface area (Å²) in [5.41, 5.74) is -0.441. The number of aromatic nitrogens is 2. The number of methoxy groups -OCH3 is 1. The highest BCUT2D eigenvalue weighted by Gasteiger charge is 2.32. The van der Waals surface area contributed by atoms with Crippen LogP contribution in [0.5, 0.6) is 5.75 Å². The minimum Gasteiger partial charge on any atom is -0.403 e. The van der Waals surface area contributed by atoms with Crippen LogP contribution >= 0.6 is 0 Å². The Labute approximate surface area is 162 Å². The zero-order valence-electron chi connectivity index (χ0n) is 15.2. The van der Waals surface area contributed by atoms with Crippen molar-refractivity contribution in [3.8, 4) is 5.75 Å². The average Bonchev–Trinajstić information content (AvgIpc) is 3.46. The number of H-pyrrole nitrogens is 1. The molecule has 1 aromatic heterocycles. The second kappa shape index (κ2) is 8.19. The third-order valence-corrected chi connectivity index (χ3v) is 4.18. The van der Waals surface area contributed by atoms with Crippen molar-refractivity contribution in [1.82, 2.24) is 15.3 Å². The van der Waals surface area contributed by atoms with Crippen molar-refractivity contribution in [3.05, 3.63) is 57.5 Å². The fourth-order valence-electron chi connectivity index (χ4n) is 2.70. The fourth-order valence-corrected chi connectivity index (χ4v) is 2.70. The fraction of sp³-hybridized carbons (Fsp3) is 0.389. The number of carbonyl (C=O) groups is 1. The van der Waals surface area contributed by atoms with E-state index in [-0.39, 0.29) is 23.8 Å². The van der Waals surface area contributed by atoms with Gasteiger partial charge >= 0.3 is 6.36 Å². The van der Waals surface area contributed by atoms with Crippen LogP contribution in [0, 0.1) is 5.82 Å². The molecule has 2 aromatic rings. The maximum absolute atomic E-state index is 14.0. The number of alkyl halides is 3. The minimum absolute atomic E-state index is 0.0939. The maximum Gasteiger partial charge on any atom is 0.573 e. The summed E-state index contributed by atoms with van der Waals surface area (Å²) in [7, 11) is 1.34.